The Bertz CT molecular complexity index is 1270. The third-order valence-corrected chi connectivity index (χ3v) is 4.72. The maximum Gasteiger partial charge on any atom is 0.159 e. The molecule has 5 rings (SSSR count). The summed E-state index contributed by atoms with van der Waals surface area (Å²) in [4.78, 5) is 7.97. The second-order valence-electron chi connectivity index (χ2n) is 6.06. The topological polar surface area (TPSA) is 57.4 Å². The van der Waals surface area contributed by atoms with E-state index in [2.05, 4.69) is 20.2 Å². The van der Waals surface area contributed by atoms with Crippen LogP contribution in [0.3, 0.4) is 0 Å². The van der Waals surface area contributed by atoms with E-state index in [9.17, 15) is 4.39 Å². The molecule has 0 saturated heterocycles. The van der Waals surface area contributed by atoms with E-state index in [0.717, 1.165) is 38.8 Å². The molecule has 0 bridgehead atoms. The minimum Gasteiger partial charge on any atom is -0.337 e. The highest BCUT2D eigenvalue weighted by Crippen LogP contribution is 2.30. The van der Waals surface area contributed by atoms with Crippen LogP contribution >= 0.6 is 11.6 Å². The van der Waals surface area contributed by atoms with Gasteiger partial charge in [0, 0.05) is 5.39 Å². The van der Waals surface area contributed by atoms with Gasteiger partial charge < -0.3 is 4.98 Å². The van der Waals surface area contributed by atoms with Gasteiger partial charge in [-0.2, -0.15) is 5.10 Å². The first-order valence-electron chi connectivity index (χ1n) is 8.08. The molecule has 0 aliphatic rings. The SMILES string of the molecule is Fc1ccc(-c2ccc3nc(-c4n[nH]c5ccccc45)[nH]c3c2)cc1Cl. The number of fused-ring (bicyclic) bond motifs is 2. The molecule has 0 spiro atoms. The number of aromatic nitrogens is 4. The van der Waals surface area contributed by atoms with Gasteiger partial charge in [0.1, 0.15) is 11.5 Å². The van der Waals surface area contributed by atoms with Gasteiger partial charge in [-0.15, -0.1) is 0 Å². The molecule has 2 aromatic heterocycles. The van der Waals surface area contributed by atoms with Crippen LogP contribution in [0.1, 0.15) is 0 Å². The van der Waals surface area contributed by atoms with Crippen molar-refractivity contribution in [3.05, 3.63) is 71.5 Å². The molecule has 3 aromatic carbocycles. The van der Waals surface area contributed by atoms with E-state index >= 15 is 0 Å². The fraction of sp³-hybridized carbons (Fsp3) is 0. The molecule has 2 heterocycles. The lowest BCUT2D eigenvalue weighted by atomic mass is 10.1. The lowest BCUT2D eigenvalue weighted by Gasteiger charge is -2.03. The number of hydrogen-bond acceptors (Lipinski definition) is 2. The summed E-state index contributed by atoms with van der Waals surface area (Å²) in [6.07, 6.45) is 0. The summed E-state index contributed by atoms with van der Waals surface area (Å²) < 4.78 is 13.4. The van der Waals surface area contributed by atoms with Crippen LogP contribution in [-0.4, -0.2) is 20.2 Å². The van der Waals surface area contributed by atoms with Crippen molar-refractivity contribution in [3.63, 3.8) is 0 Å². The van der Waals surface area contributed by atoms with Crippen LogP contribution in [0.5, 0.6) is 0 Å². The number of hydrogen-bond donors (Lipinski definition) is 2. The van der Waals surface area contributed by atoms with Gasteiger partial charge in [-0.1, -0.05) is 41.9 Å². The highest BCUT2D eigenvalue weighted by atomic mass is 35.5. The Morgan fingerprint density at radius 2 is 1.69 bits per heavy atom. The number of nitrogens with one attached hydrogen (secondary N) is 2. The third kappa shape index (κ3) is 2.36. The molecule has 0 fully saturated rings. The lowest BCUT2D eigenvalue weighted by Crippen LogP contribution is -1.82. The van der Waals surface area contributed by atoms with Crippen molar-refractivity contribution in [1.82, 2.24) is 20.2 Å². The number of aromatic amines is 2. The van der Waals surface area contributed by atoms with E-state index in [1.807, 2.05) is 42.5 Å². The zero-order valence-corrected chi connectivity index (χ0v) is 14.2. The number of H-pyrrole nitrogens is 2. The van der Waals surface area contributed by atoms with Crippen molar-refractivity contribution in [3.8, 4) is 22.6 Å². The second-order valence-corrected chi connectivity index (χ2v) is 6.47. The summed E-state index contributed by atoms with van der Waals surface area (Å²) in [6.45, 7) is 0. The lowest BCUT2D eigenvalue weighted by molar-refractivity contribution is 0.628. The molecule has 0 amide bonds. The fourth-order valence-electron chi connectivity index (χ4n) is 3.12. The smallest absolute Gasteiger partial charge is 0.159 e. The molecule has 5 aromatic rings. The normalized spacial score (nSPS) is 11.5. The van der Waals surface area contributed by atoms with Crippen LogP contribution in [0.15, 0.2) is 60.7 Å². The average molecular weight is 363 g/mol. The molecular formula is C20H12ClFN4. The maximum absolute atomic E-state index is 13.4. The van der Waals surface area contributed by atoms with Gasteiger partial charge in [-0.05, 0) is 41.5 Å². The second kappa shape index (κ2) is 5.68. The third-order valence-electron chi connectivity index (χ3n) is 4.43. The highest BCUT2D eigenvalue weighted by Gasteiger charge is 2.13. The van der Waals surface area contributed by atoms with Crippen molar-refractivity contribution in [1.29, 1.82) is 0 Å². The van der Waals surface area contributed by atoms with Crippen molar-refractivity contribution in [2.75, 3.05) is 0 Å². The van der Waals surface area contributed by atoms with Gasteiger partial charge >= 0.3 is 0 Å². The number of nitrogens with zero attached hydrogens (tertiary/aromatic N) is 2. The van der Waals surface area contributed by atoms with E-state index in [1.54, 1.807) is 12.1 Å². The Morgan fingerprint density at radius 1 is 0.885 bits per heavy atom. The standard InChI is InChI=1S/C20H12ClFN4/c21-14-9-11(5-7-15(14)22)12-6-8-17-18(10-12)24-20(23-17)19-13-3-1-2-4-16(13)25-26-19/h1-10H,(H,23,24)(H,25,26). The predicted octanol–water partition coefficient (Wildman–Crippen LogP) is 5.57. The molecule has 0 unspecified atom stereocenters. The number of imidazole rings is 1. The van der Waals surface area contributed by atoms with E-state index in [-0.39, 0.29) is 5.02 Å². The zero-order valence-electron chi connectivity index (χ0n) is 13.4. The summed E-state index contributed by atoms with van der Waals surface area (Å²) in [5, 5.41) is 8.52. The van der Waals surface area contributed by atoms with Gasteiger partial charge in [0.2, 0.25) is 0 Å². The molecule has 6 heteroatoms. The van der Waals surface area contributed by atoms with Gasteiger partial charge in [0.25, 0.3) is 0 Å². The number of halogens is 2. The van der Waals surface area contributed by atoms with Gasteiger partial charge in [-0.3, -0.25) is 5.10 Å². The van der Waals surface area contributed by atoms with Crippen LogP contribution in [0.4, 0.5) is 4.39 Å². The Balaban J connectivity index is 1.63. The summed E-state index contributed by atoms with van der Waals surface area (Å²) >= 11 is 5.90. The fourth-order valence-corrected chi connectivity index (χ4v) is 3.30. The molecule has 26 heavy (non-hydrogen) atoms. The summed E-state index contributed by atoms with van der Waals surface area (Å²) in [5.41, 5.74) is 5.24. The average Bonchev–Trinajstić information content (AvgIpc) is 3.26. The Hall–Kier alpha value is -3.18. The number of rotatable bonds is 2. The first-order valence-corrected chi connectivity index (χ1v) is 8.45. The van der Waals surface area contributed by atoms with E-state index < -0.39 is 5.82 Å². The minimum absolute atomic E-state index is 0.107. The molecule has 0 aliphatic carbocycles. The number of benzene rings is 3. The molecule has 0 atom stereocenters. The van der Waals surface area contributed by atoms with E-state index in [1.165, 1.54) is 6.07 Å². The summed E-state index contributed by atoms with van der Waals surface area (Å²) in [6, 6.07) is 18.5. The Labute approximate surface area is 152 Å². The van der Waals surface area contributed by atoms with Crippen molar-refractivity contribution in [2.45, 2.75) is 0 Å². The summed E-state index contributed by atoms with van der Waals surface area (Å²) in [7, 11) is 0. The van der Waals surface area contributed by atoms with Crippen LogP contribution < -0.4 is 0 Å². The van der Waals surface area contributed by atoms with E-state index in [0.29, 0.717) is 5.82 Å². The molecular weight excluding hydrogens is 351 g/mol. The summed E-state index contributed by atoms with van der Waals surface area (Å²) in [5.74, 6) is 0.275. The largest absolute Gasteiger partial charge is 0.337 e. The predicted molar refractivity (Wildman–Crippen MR) is 102 cm³/mol. The molecule has 0 aliphatic heterocycles. The maximum atomic E-state index is 13.4. The molecule has 0 saturated carbocycles. The zero-order chi connectivity index (χ0) is 17.7. The van der Waals surface area contributed by atoms with E-state index in [4.69, 9.17) is 11.6 Å². The minimum atomic E-state index is -0.425. The number of para-hydroxylation sites is 1. The van der Waals surface area contributed by atoms with Crippen LogP contribution in [0.25, 0.3) is 44.6 Å². The first-order chi connectivity index (χ1) is 12.7. The molecule has 0 radical (unpaired) electrons. The van der Waals surface area contributed by atoms with Gasteiger partial charge in [0.15, 0.2) is 5.82 Å². The van der Waals surface area contributed by atoms with Crippen molar-refractivity contribution in [2.24, 2.45) is 0 Å². The molecule has 4 nitrogen and oxygen atoms in total. The van der Waals surface area contributed by atoms with Crippen molar-refractivity contribution >= 4 is 33.5 Å². The highest BCUT2D eigenvalue weighted by molar-refractivity contribution is 6.31. The molecule has 2 N–H and O–H groups in total. The Morgan fingerprint density at radius 3 is 2.58 bits per heavy atom. The molecule has 126 valence electrons. The van der Waals surface area contributed by atoms with Crippen molar-refractivity contribution < 1.29 is 4.39 Å². The van der Waals surface area contributed by atoms with Crippen LogP contribution in [-0.2, 0) is 0 Å². The monoisotopic (exact) mass is 362 g/mol. The van der Waals surface area contributed by atoms with Crippen LogP contribution in [0.2, 0.25) is 5.02 Å². The van der Waals surface area contributed by atoms with Gasteiger partial charge in [0.05, 0.1) is 21.6 Å². The Kier molecular flexibility index (Phi) is 3.30. The first kappa shape index (κ1) is 15.1. The van der Waals surface area contributed by atoms with Crippen LogP contribution in [0, 0.1) is 5.82 Å². The van der Waals surface area contributed by atoms with Gasteiger partial charge in [-0.25, -0.2) is 9.37 Å². The quantitative estimate of drug-likeness (QED) is 0.431.